The maximum Gasteiger partial charge on any atom is 0.408 e. The summed E-state index contributed by atoms with van der Waals surface area (Å²) in [5, 5.41) is 2.65. The molecule has 1 aromatic carbocycles. The van der Waals surface area contributed by atoms with Gasteiger partial charge in [-0.2, -0.15) is 0 Å². The first kappa shape index (κ1) is 14.4. The van der Waals surface area contributed by atoms with Gasteiger partial charge in [0, 0.05) is 18.2 Å². The lowest BCUT2D eigenvalue weighted by molar-refractivity contribution is 0.124. The molecule has 1 aliphatic carbocycles. The van der Waals surface area contributed by atoms with E-state index in [1.54, 1.807) is 0 Å². The van der Waals surface area contributed by atoms with E-state index in [1.165, 1.54) is 5.56 Å². The normalized spacial score (nSPS) is 17.9. The summed E-state index contributed by atoms with van der Waals surface area (Å²) in [6.45, 7) is 2.55. The van der Waals surface area contributed by atoms with E-state index in [0.717, 1.165) is 30.4 Å². The van der Waals surface area contributed by atoms with Crippen LogP contribution in [-0.4, -0.2) is 12.6 Å². The molecule has 4 heteroatoms. The summed E-state index contributed by atoms with van der Waals surface area (Å²) in [4.78, 5) is 11.6. The number of terminal acetylenes is 1. The van der Waals surface area contributed by atoms with Crippen molar-refractivity contribution in [3.8, 4) is 12.3 Å². The van der Waals surface area contributed by atoms with E-state index in [2.05, 4.69) is 11.2 Å². The number of carbonyl (C=O) groups is 1. The van der Waals surface area contributed by atoms with Crippen molar-refractivity contribution >= 4 is 6.09 Å². The highest BCUT2D eigenvalue weighted by Crippen LogP contribution is 2.31. The average Bonchev–Trinajstić information content (AvgIpc) is 2.83. The number of carbonyl (C=O) groups excluding carboxylic acids is 1. The van der Waals surface area contributed by atoms with E-state index in [9.17, 15) is 4.79 Å². The minimum Gasteiger partial charge on any atom is -0.428 e. The molecular weight excluding hydrogens is 252 g/mol. The zero-order chi connectivity index (χ0) is 14.5. The van der Waals surface area contributed by atoms with Gasteiger partial charge in [-0.15, -0.1) is 6.42 Å². The quantitative estimate of drug-likeness (QED) is 0.827. The fraction of sp³-hybridized carbons (Fsp3) is 0.438. The van der Waals surface area contributed by atoms with E-state index in [4.69, 9.17) is 16.9 Å². The molecular formula is C16H20N2O2. The Kier molecular flexibility index (Phi) is 4.65. The van der Waals surface area contributed by atoms with E-state index in [1.807, 2.05) is 25.1 Å². The average molecular weight is 272 g/mol. The molecule has 0 fully saturated rings. The lowest BCUT2D eigenvalue weighted by Gasteiger charge is -2.15. The molecule has 0 spiro atoms. The van der Waals surface area contributed by atoms with Crippen LogP contribution in [0.2, 0.25) is 0 Å². The van der Waals surface area contributed by atoms with Crippen molar-refractivity contribution in [3.63, 3.8) is 0 Å². The van der Waals surface area contributed by atoms with Gasteiger partial charge in [-0.1, -0.05) is 25.0 Å². The summed E-state index contributed by atoms with van der Waals surface area (Å²) in [7, 11) is 0. The summed E-state index contributed by atoms with van der Waals surface area (Å²) in [5.74, 6) is 2.51. The second-order valence-corrected chi connectivity index (χ2v) is 4.98. The molecule has 0 saturated heterocycles. The number of nitrogens with two attached hydrogens (primary N) is 1. The zero-order valence-electron chi connectivity index (χ0n) is 11.7. The lowest BCUT2D eigenvalue weighted by Crippen LogP contribution is -2.26. The third-order valence-corrected chi connectivity index (χ3v) is 3.49. The third kappa shape index (κ3) is 3.12. The molecule has 0 aromatic heterocycles. The first-order chi connectivity index (χ1) is 9.65. The van der Waals surface area contributed by atoms with Gasteiger partial charge in [-0.3, -0.25) is 0 Å². The Bertz CT molecular complexity index is 534. The number of amides is 1. The van der Waals surface area contributed by atoms with Gasteiger partial charge in [0.1, 0.15) is 0 Å². The van der Waals surface area contributed by atoms with Gasteiger partial charge in [0.15, 0.2) is 6.10 Å². The number of hydrogen-bond donors (Lipinski definition) is 2. The number of benzene rings is 1. The van der Waals surface area contributed by atoms with Crippen molar-refractivity contribution < 1.29 is 9.53 Å². The molecule has 0 saturated carbocycles. The SMILES string of the molecule is C#CC(OC(=O)NCCC)c1ccc2c(c1)C(N)CC2. The van der Waals surface area contributed by atoms with Crippen LogP contribution in [0.25, 0.3) is 0 Å². The van der Waals surface area contributed by atoms with Gasteiger partial charge in [0.25, 0.3) is 0 Å². The highest BCUT2D eigenvalue weighted by molar-refractivity contribution is 5.67. The Labute approximate surface area is 119 Å². The second kappa shape index (κ2) is 6.44. The zero-order valence-corrected chi connectivity index (χ0v) is 11.7. The van der Waals surface area contributed by atoms with Gasteiger partial charge in [-0.05, 0) is 36.5 Å². The molecule has 2 atom stereocenters. The molecule has 20 heavy (non-hydrogen) atoms. The molecule has 1 amide bonds. The summed E-state index contributed by atoms with van der Waals surface area (Å²) in [5.41, 5.74) is 9.22. The molecule has 1 aliphatic rings. The van der Waals surface area contributed by atoms with E-state index in [-0.39, 0.29) is 6.04 Å². The van der Waals surface area contributed by atoms with Gasteiger partial charge in [0.05, 0.1) is 0 Å². The molecule has 2 unspecified atom stereocenters. The Hall–Kier alpha value is -1.99. The number of aryl methyl sites for hydroxylation is 1. The molecule has 2 rings (SSSR count). The Morgan fingerprint density at radius 1 is 1.65 bits per heavy atom. The summed E-state index contributed by atoms with van der Waals surface area (Å²) in [6, 6.07) is 5.95. The summed E-state index contributed by atoms with van der Waals surface area (Å²) in [6.07, 6.45) is 7.11. The minimum atomic E-state index is -0.676. The van der Waals surface area contributed by atoms with Crippen LogP contribution < -0.4 is 11.1 Å². The molecule has 0 bridgehead atoms. The molecule has 0 heterocycles. The Morgan fingerprint density at radius 2 is 2.45 bits per heavy atom. The number of ether oxygens (including phenoxy) is 1. The largest absolute Gasteiger partial charge is 0.428 e. The molecule has 1 aromatic rings. The molecule has 3 N–H and O–H groups in total. The number of fused-ring (bicyclic) bond motifs is 1. The van der Waals surface area contributed by atoms with Crippen LogP contribution in [0.15, 0.2) is 18.2 Å². The van der Waals surface area contributed by atoms with Crippen LogP contribution in [0.1, 0.15) is 48.6 Å². The summed E-state index contributed by atoms with van der Waals surface area (Å²) < 4.78 is 5.26. The smallest absolute Gasteiger partial charge is 0.408 e. The third-order valence-electron chi connectivity index (χ3n) is 3.49. The van der Waals surface area contributed by atoms with Crippen molar-refractivity contribution in [2.45, 2.75) is 38.3 Å². The van der Waals surface area contributed by atoms with Crippen LogP contribution in [0.5, 0.6) is 0 Å². The fourth-order valence-electron chi connectivity index (χ4n) is 2.39. The van der Waals surface area contributed by atoms with E-state index in [0.29, 0.717) is 6.54 Å². The van der Waals surface area contributed by atoms with Gasteiger partial charge >= 0.3 is 6.09 Å². The molecule has 0 aliphatic heterocycles. The lowest BCUT2D eigenvalue weighted by atomic mass is 10.0. The Morgan fingerprint density at radius 3 is 3.15 bits per heavy atom. The highest BCUT2D eigenvalue weighted by Gasteiger charge is 2.22. The van der Waals surface area contributed by atoms with E-state index >= 15 is 0 Å². The molecule has 106 valence electrons. The van der Waals surface area contributed by atoms with Gasteiger partial charge < -0.3 is 15.8 Å². The first-order valence-corrected chi connectivity index (χ1v) is 6.94. The second-order valence-electron chi connectivity index (χ2n) is 4.98. The predicted molar refractivity (Wildman–Crippen MR) is 78.0 cm³/mol. The van der Waals surface area contributed by atoms with Crippen molar-refractivity contribution in [2.75, 3.05) is 6.54 Å². The van der Waals surface area contributed by atoms with Crippen molar-refractivity contribution in [3.05, 3.63) is 34.9 Å². The minimum absolute atomic E-state index is 0.0530. The van der Waals surface area contributed by atoms with Crippen LogP contribution in [0.3, 0.4) is 0 Å². The van der Waals surface area contributed by atoms with Crippen molar-refractivity contribution in [1.29, 1.82) is 0 Å². The number of alkyl carbamates (subject to hydrolysis) is 1. The van der Waals surface area contributed by atoms with Crippen molar-refractivity contribution in [1.82, 2.24) is 5.32 Å². The Balaban J connectivity index is 2.11. The fourth-order valence-corrected chi connectivity index (χ4v) is 2.39. The number of hydrogen-bond acceptors (Lipinski definition) is 3. The highest BCUT2D eigenvalue weighted by atomic mass is 16.6. The first-order valence-electron chi connectivity index (χ1n) is 6.94. The van der Waals surface area contributed by atoms with Crippen LogP contribution >= 0.6 is 0 Å². The predicted octanol–water partition coefficient (Wildman–Crippen LogP) is 2.44. The number of nitrogens with one attached hydrogen (secondary N) is 1. The molecule has 4 nitrogen and oxygen atoms in total. The topological polar surface area (TPSA) is 64.3 Å². The van der Waals surface area contributed by atoms with Crippen LogP contribution in [-0.2, 0) is 11.2 Å². The van der Waals surface area contributed by atoms with Crippen molar-refractivity contribution in [2.24, 2.45) is 5.73 Å². The molecule has 0 radical (unpaired) electrons. The van der Waals surface area contributed by atoms with Crippen LogP contribution in [0, 0.1) is 12.3 Å². The monoisotopic (exact) mass is 272 g/mol. The standard InChI is InChI=1S/C16H20N2O2/c1-3-9-18-16(19)20-15(4-2)12-6-5-11-7-8-14(17)13(11)10-12/h2,5-6,10,14-15H,3,7-9,17H2,1H3,(H,18,19). The van der Waals surface area contributed by atoms with E-state index < -0.39 is 12.2 Å². The summed E-state index contributed by atoms with van der Waals surface area (Å²) >= 11 is 0. The maximum absolute atomic E-state index is 11.6. The van der Waals surface area contributed by atoms with Gasteiger partial charge in [-0.25, -0.2) is 4.79 Å². The maximum atomic E-state index is 11.6. The van der Waals surface area contributed by atoms with Crippen LogP contribution in [0.4, 0.5) is 4.79 Å². The van der Waals surface area contributed by atoms with Gasteiger partial charge in [0.2, 0.25) is 0 Å². The number of rotatable bonds is 4.